The molecule has 3 heterocycles. The van der Waals surface area contributed by atoms with E-state index in [1.54, 1.807) is 51.1 Å². The first kappa shape index (κ1) is 19.1. The van der Waals surface area contributed by atoms with E-state index in [2.05, 4.69) is 20.4 Å². The van der Waals surface area contributed by atoms with Crippen molar-refractivity contribution in [3.8, 4) is 11.1 Å². The molecule has 6 nitrogen and oxygen atoms in total. The SMILES string of the molecule is Cc1noc(C)c1-c1ccnc(NC(C)c2cc3cc(Cl)ccc3[nH]c2=O)c1F. The van der Waals surface area contributed by atoms with Crippen LogP contribution >= 0.6 is 11.6 Å². The molecule has 0 saturated heterocycles. The van der Waals surface area contributed by atoms with Crippen LogP contribution in [0.25, 0.3) is 22.0 Å². The lowest BCUT2D eigenvalue weighted by molar-refractivity contribution is 0.393. The second-order valence-corrected chi connectivity index (χ2v) is 7.31. The van der Waals surface area contributed by atoms with Gasteiger partial charge in [0, 0.05) is 33.2 Å². The molecular formula is C21H18ClFN4O2. The largest absolute Gasteiger partial charge is 0.361 e. The van der Waals surface area contributed by atoms with Gasteiger partial charge in [0.1, 0.15) is 5.76 Å². The van der Waals surface area contributed by atoms with Crippen molar-refractivity contribution in [1.29, 1.82) is 0 Å². The van der Waals surface area contributed by atoms with Crippen molar-refractivity contribution in [1.82, 2.24) is 15.1 Å². The van der Waals surface area contributed by atoms with E-state index in [0.29, 0.717) is 38.7 Å². The molecule has 2 N–H and O–H groups in total. The van der Waals surface area contributed by atoms with E-state index in [9.17, 15) is 4.79 Å². The molecule has 148 valence electrons. The van der Waals surface area contributed by atoms with E-state index >= 15 is 4.39 Å². The highest BCUT2D eigenvalue weighted by atomic mass is 35.5. The van der Waals surface area contributed by atoms with Crippen LogP contribution in [-0.4, -0.2) is 15.1 Å². The summed E-state index contributed by atoms with van der Waals surface area (Å²) in [7, 11) is 0. The van der Waals surface area contributed by atoms with Gasteiger partial charge in [0.2, 0.25) is 0 Å². The molecule has 3 aromatic heterocycles. The molecule has 1 atom stereocenters. The zero-order valence-corrected chi connectivity index (χ0v) is 16.8. The highest BCUT2D eigenvalue weighted by Crippen LogP contribution is 2.32. The predicted octanol–water partition coefficient (Wildman–Crippen LogP) is 5.16. The van der Waals surface area contributed by atoms with E-state index in [1.807, 2.05) is 0 Å². The molecule has 0 saturated carbocycles. The summed E-state index contributed by atoms with van der Waals surface area (Å²) in [6, 6.07) is 8.04. The van der Waals surface area contributed by atoms with Crippen LogP contribution in [0.1, 0.15) is 30.0 Å². The zero-order valence-electron chi connectivity index (χ0n) is 16.0. The van der Waals surface area contributed by atoms with Crippen LogP contribution in [0.2, 0.25) is 5.02 Å². The number of aromatic amines is 1. The highest BCUT2D eigenvalue weighted by Gasteiger charge is 2.20. The Hall–Kier alpha value is -3.19. The fraction of sp³-hybridized carbons (Fsp3) is 0.190. The molecule has 0 aliphatic rings. The van der Waals surface area contributed by atoms with Crippen LogP contribution in [0.4, 0.5) is 10.2 Å². The second kappa shape index (κ2) is 7.33. The lowest BCUT2D eigenvalue weighted by Gasteiger charge is -2.16. The predicted molar refractivity (Wildman–Crippen MR) is 111 cm³/mol. The summed E-state index contributed by atoms with van der Waals surface area (Å²) in [5.74, 6) is 0.0315. The van der Waals surface area contributed by atoms with Crippen molar-refractivity contribution >= 4 is 28.3 Å². The summed E-state index contributed by atoms with van der Waals surface area (Å²) in [4.78, 5) is 19.5. The molecule has 0 amide bonds. The minimum atomic E-state index is -0.533. The van der Waals surface area contributed by atoms with E-state index in [0.717, 1.165) is 5.39 Å². The molecule has 29 heavy (non-hydrogen) atoms. The Morgan fingerprint density at radius 1 is 1.24 bits per heavy atom. The van der Waals surface area contributed by atoms with Gasteiger partial charge in [-0.3, -0.25) is 4.79 Å². The Bertz CT molecular complexity index is 1260. The number of rotatable bonds is 4. The van der Waals surface area contributed by atoms with Gasteiger partial charge in [0.05, 0.1) is 17.3 Å². The van der Waals surface area contributed by atoms with E-state index in [1.165, 1.54) is 6.20 Å². The Balaban J connectivity index is 1.72. The third-order valence-electron chi connectivity index (χ3n) is 4.85. The number of halogens is 2. The average Bonchev–Trinajstić information content (AvgIpc) is 3.01. The van der Waals surface area contributed by atoms with Crippen molar-refractivity contribution in [2.24, 2.45) is 0 Å². The number of nitrogens with zero attached hydrogens (tertiary/aromatic N) is 2. The van der Waals surface area contributed by atoms with Crippen LogP contribution < -0.4 is 10.9 Å². The molecule has 0 fully saturated rings. The second-order valence-electron chi connectivity index (χ2n) is 6.87. The quantitative estimate of drug-likeness (QED) is 0.483. The molecular weight excluding hydrogens is 395 g/mol. The highest BCUT2D eigenvalue weighted by molar-refractivity contribution is 6.31. The first-order valence-corrected chi connectivity index (χ1v) is 9.39. The van der Waals surface area contributed by atoms with Crippen molar-refractivity contribution in [2.45, 2.75) is 26.8 Å². The van der Waals surface area contributed by atoms with Crippen LogP contribution in [0.15, 0.2) is 45.8 Å². The molecule has 0 aliphatic carbocycles. The van der Waals surface area contributed by atoms with Gasteiger partial charge in [-0.25, -0.2) is 9.37 Å². The van der Waals surface area contributed by atoms with Gasteiger partial charge in [-0.15, -0.1) is 0 Å². The van der Waals surface area contributed by atoms with Crippen molar-refractivity contribution in [3.63, 3.8) is 0 Å². The minimum Gasteiger partial charge on any atom is -0.361 e. The monoisotopic (exact) mass is 412 g/mol. The van der Waals surface area contributed by atoms with Crippen LogP contribution in [0.3, 0.4) is 0 Å². The number of pyridine rings is 2. The van der Waals surface area contributed by atoms with E-state index in [4.69, 9.17) is 16.1 Å². The minimum absolute atomic E-state index is 0.0422. The third kappa shape index (κ3) is 3.49. The number of nitrogens with one attached hydrogen (secondary N) is 2. The van der Waals surface area contributed by atoms with Gasteiger partial charge in [-0.05, 0) is 51.1 Å². The number of aromatic nitrogens is 3. The average molecular weight is 413 g/mol. The Labute approximate surface area is 170 Å². The molecule has 0 spiro atoms. The Morgan fingerprint density at radius 2 is 2.03 bits per heavy atom. The van der Waals surface area contributed by atoms with Gasteiger partial charge in [-0.2, -0.15) is 0 Å². The van der Waals surface area contributed by atoms with Gasteiger partial charge < -0.3 is 14.8 Å². The summed E-state index contributed by atoms with van der Waals surface area (Å²) in [6.07, 6.45) is 1.50. The number of hydrogen-bond donors (Lipinski definition) is 2. The molecule has 4 aromatic rings. The maximum atomic E-state index is 15.2. The summed E-state index contributed by atoms with van der Waals surface area (Å²) in [5.41, 5.74) is 2.39. The van der Waals surface area contributed by atoms with Gasteiger partial charge in [0.15, 0.2) is 11.6 Å². The van der Waals surface area contributed by atoms with Crippen LogP contribution in [-0.2, 0) is 0 Å². The molecule has 4 rings (SSSR count). The first-order chi connectivity index (χ1) is 13.8. The first-order valence-electron chi connectivity index (χ1n) is 9.02. The molecule has 0 aliphatic heterocycles. The van der Waals surface area contributed by atoms with Crippen molar-refractivity contribution in [3.05, 3.63) is 74.7 Å². The van der Waals surface area contributed by atoms with Crippen molar-refractivity contribution < 1.29 is 8.91 Å². The molecule has 1 aromatic carbocycles. The summed E-state index contributed by atoms with van der Waals surface area (Å²) in [6.45, 7) is 5.25. The lowest BCUT2D eigenvalue weighted by atomic mass is 10.0. The summed E-state index contributed by atoms with van der Waals surface area (Å²) >= 11 is 6.05. The molecule has 1 unspecified atom stereocenters. The van der Waals surface area contributed by atoms with Crippen molar-refractivity contribution in [2.75, 3.05) is 5.32 Å². The normalized spacial score (nSPS) is 12.3. The van der Waals surface area contributed by atoms with Gasteiger partial charge in [0.25, 0.3) is 5.56 Å². The van der Waals surface area contributed by atoms with E-state index < -0.39 is 11.9 Å². The fourth-order valence-electron chi connectivity index (χ4n) is 3.40. The van der Waals surface area contributed by atoms with Crippen LogP contribution in [0, 0.1) is 19.7 Å². The number of hydrogen-bond acceptors (Lipinski definition) is 5. The van der Waals surface area contributed by atoms with Crippen LogP contribution in [0.5, 0.6) is 0 Å². The summed E-state index contributed by atoms with van der Waals surface area (Å²) < 4.78 is 20.3. The number of benzene rings is 1. The molecule has 0 bridgehead atoms. The Kier molecular flexibility index (Phi) is 4.84. The number of aryl methyl sites for hydroxylation is 2. The molecule has 0 radical (unpaired) electrons. The van der Waals surface area contributed by atoms with Gasteiger partial charge in [-0.1, -0.05) is 16.8 Å². The standard InChI is InChI=1S/C21H18ClFN4O2/c1-10(16-9-13-8-14(22)4-5-17(13)26-21(16)28)25-20-19(23)15(6-7-24-20)18-11(2)27-29-12(18)3/h4-10H,1-3H3,(H,24,25)(H,26,28). The smallest absolute Gasteiger partial charge is 0.253 e. The van der Waals surface area contributed by atoms with E-state index in [-0.39, 0.29) is 11.4 Å². The number of anilines is 1. The molecule has 8 heteroatoms. The fourth-order valence-corrected chi connectivity index (χ4v) is 3.58. The maximum absolute atomic E-state index is 15.2. The third-order valence-corrected chi connectivity index (χ3v) is 5.08. The zero-order chi connectivity index (χ0) is 20.7. The Morgan fingerprint density at radius 3 is 2.76 bits per heavy atom. The lowest BCUT2D eigenvalue weighted by Crippen LogP contribution is -2.20. The maximum Gasteiger partial charge on any atom is 0.253 e. The van der Waals surface area contributed by atoms with Gasteiger partial charge >= 0.3 is 0 Å². The number of fused-ring (bicyclic) bond motifs is 1. The topological polar surface area (TPSA) is 83.8 Å². The number of H-pyrrole nitrogens is 1. The summed E-state index contributed by atoms with van der Waals surface area (Å²) in [5, 5.41) is 8.23.